The van der Waals surface area contributed by atoms with E-state index in [0.29, 0.717) is 45.8 Å². The molecule has 0 radical (unpaired) electrons. The summed E-state index contributed by atoms with van der Waals surface area (Å²) >= 11 is 6.02. The highest BCUT2D eigenvalue weighted by Crippen LogP contribution is 2.30. The Balaban J connectivity index is 1.48. The molecule has 1 heterocycles. The van der Waals surface area contributed by atoms with Crippen molar-refractivity contribution in [1.82, 2.24) is 9.55 Å². The van der Waals surface area contributed by atoms with Crippen molar-refractivity contribution >= 4 is 29.0 Å². The normalized spacial score (nSPS) is 10.3. The molecule has 2 amide bonds. The van der Waals surface area contributed by atoms with Gasteiger partial charge in [0.1, 0.15) is 23.3 Å². The average molecular weight is 474 g/mol. The molecule has 0 aliphatic heterocycles. The van der Waals surface area contributed by atoms with Gasteiger partial charge in [-0.3, -0.25) is 0 Å². The topological polar surface area (TPSA) is 101 Å². The summed E-state index contributed by atoms with van der Waals surface area (Å²) < 4.78 is 13.2. The van der Waals surface area contributed by atoms with Gasteiger partial charge in [-0.2, -0.15) is 5.26 Å². The van der Waals surface area contributed by atoms with Gasteiger partial charge in [-0.1, -0.05) is 23.7 Å². The first-order valence-electron chi connectivity index (χ1n) is 10.2. The van der Waals surface area contributed by atoms with Gasteiger partial charge in [0.25, 0.3) is 0 Å². The van der Waals surface area contributed by atoms with Crippen LogP contribution in [0.25, 0.3) is 0 Å². The van der Waals surface area contributed by atoms with E-state index < -0.39 is 6.03 Å². The number of carbonyl (C=O) groups excluding carboxylic acids is 1. The van der Waals surface area contributed by atoms with Crippen molar-refractivity contribution in [3.05, 3.63) is 95.5 Å². The molecule has 2 N–H and O–H groups in total. The van der Waals surface area contributed by atoms with Crippen LogP contribution in [-0.2, 0) is 6.54 Å². The van der Waals surface area contributed by atoms with E-state index in [9.17, 15) is 10.1 Å². The number of ether oxygens (including phenoxy) is 2. The van der Waals surface area contributed by atoms with Crippen LogP contribution in [0, 0.1) is 11.3 Å². The van der Waals surface area contributed by atoms with Gasteiger partial charge in [-0.15, -0.1) is 0 Å². The minimum absolute atomic E-state index is 0.401. The SMILES string of the molecule is COc1ccc(Cl)cc1NC(=O)Nc1cccc(Oc2cc(Cn3ccnc3)ccc2C#N)c1. The number of hydrogen-bond acceptors (Lipinski definition) is 5. The number of carbonyl (C=O) groups is 1. The summed E-state index contributed by atoms with van der Waals surface area (Å²) in [6.45, 7) is 0.594. The van der Waals surface area contributed by atoms with Gasteiger partial charge >= 0.3 is 6.03 Å². The smallest absolute Gasteiger partial charge is 0.323 e. The van der Waals surface area contributed by atoms with E-state index in [-0.39, 0.29) is 0 Å². The fourth-order valence-corrected chi connectivity index (χ4v) is 3.43. The number of methoxy groups -OCH3 is 1. The molecular weight excluding hydrogens is 454 g/mol. The van der Waals surface area contributed by atoms with Crippen molar-refractivity contribution in [3.63, 3.8) is 0 Å². The van der Waals surface area contributed by atoms with Crippen LogP contribution in [0.3, 0.4) is 0 Å². The molecule has 0 spiro atoms. The molecule has 0 atom stereocenters. The third kappa shape index (κ3) is 5.65. The second kappa shape index (κ2) is 10.4. The first-order chi connectivity index (χ1) is 16.5. The number of nitrogens with one attached hydrogen (secondary N) is 2. The third-order valence-electron chi connectivity index (χ3n) is 4.82. The van der Waals surface area contributed by atoms with Gasteiger partial charge in [0.15, 0.2) is 0 Å². The van der Waals surface area contributed by atoms with E-state index in [0.717, 1.165) is 5.56 Å². The maximum atomic E-state index is 12.5. The van der Waals surface area contributed by atoms with Crippen LogP contribution in [0.15, 0.2) is 79.4 Å². The zero-order chi connectivity index (χ0) is 23.9. The zero-order valence-corrected chi connectivity index (χ0v) is 18.9. The molecule has 3 aromatic carbocycles. The number of halogens is 1. The van der Waals surface area contributed by atoms with E-state index in [1.807, 2.05) is 22.9 Å². The Bertz CT molecular complexity index is 1350. The first-order valence-corrected chi connectivity index (χ1v) is 10.6. The van der Waals surface area contributed by atoms with Gasteiger partial charge in [-0.25, -0.2) is 9.78 Å². The van der Waals surface area contributed by atoms with Crippen molar-refractivity contribution in [3.8, 4) is 23.3 Å². The minimum atomic E-state index is -0.474. The van der Waals surface area contributed by atoms with Crippen LogP contribution in [-0.4, -0.2) is 22.7 Å². The summed E-state index contributed by atoms with van der Waals surface area (Å²) in [4.78, 5) is 16.6. The number of hydrogen-bond donors (Lipinski definition) is 2. The molecule has 8 nitrogen and oxygen atoms in total. The molecule has 0 saturated carbocycles. The molecule has 0 saturated heterocycles. The van der Waals surface area contributed by atoms with Crippen molar-refractivity contribution in [2.75, 3.05) is 17.7 Å². The van der Waals surface area contributed by atoms with Gasteiger partial charge in [-0.05, 0) is 48.0 Å². The fraction of sp³-hybridized carbons (Fsp3) is 0.0800. The number of rotatable bonds is 7. The van der Waals surface area contributed by atoms with Gasteiger partial charge in [0, 0.05) is 35.7 Å². The largest absolute Gasteiger partial charge is 0.495 e. The molecular formula is C25H20ClN5O3. The fourth-order valence-electron chi connectivity index (χ4n) is 3.26. The summed E-state index contributed by atoms with van der Waals surface area (Å²) in [5.74, 6) is 1.37. The van der Waals surface area contributed by atoms with E-state index in [4.69, 9.17) is 21.1 Å². The predicted molar refractivity (Wildman–Crippen MR) is 130 cm³/mol. The summed E-state index contributed by atoms with van der Waals surface area (Å²) in [7, 11) is 1.51. The number of imidazole rings is 1. The lowest BCUT2D eigenvalue weighted by Gasteiger charge is -2.13. The Kier molecular flexibility index (Phi) is 6.96. The number of aromatic nitrogens is 2. The maximum Gasteiger partial charge on any atom is 0.323 e. The van der Waals surface area contributed by atoms with Crippen LogP contribution >= 0.6 is 11.6 Å². The first kappa shape index (κ1) is 22.7. The lowest BCUT2D eigenvalue weighted by Crippen LogP contribution is -2.19. The molecule has 0 aliphatic carbocycles. The van der Waals surface area contributed by atoms with Crippen LogP contribution in [0.4, 0.5) is 16.2 Å². The van der Waals surface area contributed by atoms with Gasteiger partial charge < -0.3 is 24.7 Å². The summed E-state index contributed by atoms with van der Waals surface area (Å²) in [5.41, 5.74) is 2.30. The maximum absolute atomic E-state index is 12.5. The van der Waals surface area contributed by atoms with E-state index in [2.05, 4.69) is 21.7 Å². The van der Waals surface area contributed by atoms with Gasteiger partial charge in [0.05, 0.1) is 24.7 Å². The number of anilines is 2. The Morgan fingerprint density at radius 2 is 2.00 bits per heavy atom. The lowest BCUT2D eigenvalue weighted by molar-refractivity contribution is 0.262. The molecule has 0 aliphatic rings. The van der Waals surface area contributed by atoms with Crippen molar-refractivity contribution < 1.29 is 14.3 Å². The molecule has 0 bridgehead atoms. The molecule has 4 rings (SSSR count). The summed E-state index contributed by atoms with van der Waals surface area (Å²) in [6, 6.07) is 18.9. The predicted octanol–water partition coefficient (Wildman–Crippen LogP) is 5.90. The van der Waals surface area contributed by atoms with Crippen LogP contribution < -0.4 is 20.1 Å². The van der Waals surface area contributed by atoms with E-state index in [1.54, 1.807) is 61.1 Å². The van der Waals surface area contributed by atoms with E-state index >= 15 is 0 Å². The average Bonchev–Trinajstić information content (AvgIpc) is 3.33. The van der Waals surface area contributed by atoms with E-state index in [1.165, 1.54) is 7.11 Å². The number of urea groups is 1. The Morgan fingerprint density at radius 1 is 1.12 bits per heavy atom. The monoisotopic (exact) mass is 473 g/mol. The van der Waals surface area contributed by atoms with Gasteiger partial charge in [0.2, 0.25) is 0 Å². The second-order valence-corrected chi connectivity index (χ2v) is 7.67. The zero-order valence-electron chi connectivity index (χ0n) is 18.2. The number of amides is 2. The highest BCUT2D eigenvalue weighted by molar-refractivity contribution is 6.31. The molecule has 4 aromatic rings. The Hall–Kier alpha value is -4.48. The summed E-state index contributed by atoms with van der Waals surface area (Å²) in [5, 5.41) is 15.4. The van der Waals surface area contributed by atoms with Crippen molar-refractivity contribution in [2.24, 2.45) is 0 Å². The molecule has 170 valence electrons. The number of nitriles is 1. The lowest BCUT2D eigenvalue weighted by atomic mass is 10.1. The van der Waals surface area contributed by atoms with Crippen LogP contribution in [0.5, 0.6) is 17.2 Å². The highest BCUT2D eigenvalue weighted by atomic mass is 35.5. The summed E-state index contributed by atoms with van der Waals surface area (Å²) in [6.07, 6.45) is 5.29. The van der Waals surface area contributed by atoms with Crippen molar-refractivity contribution in [2.45, 2.75) is 6.54 Å². The minimum Gasteiger partial charge on any atom is -0.495 e. The van der Waals surface area contributed by atoms with Crippen LogP contribution in [0.2, 0.25) is 5.02 Å². The molecule has 9 heteroatoms. The second-order valence-electron chi connectivity index (χ2n) is 7.23. The number of benzene rings is 3. The third-order valence-corrected chi connectivity index (χ3v) is 5.06. The molecule has 34 heavy (non-hydrogen) atoms. The molecule has 1 aromatic heterocycles. The Labute approximate surface area is 201 Å². The quantitative estimate of drug-likeness (QED) is 0.348. The standard InChI is InChI=1S/C25H20ClN5O3/c1-33-23-8-7-19(26)12-22(23)30-25(32)29-20-3-2-4-21(13-20)34-24-11-17(5-6-18(24)14-27)15-31-10-9-28-16-31/h2-13,16H,15H2,1H3,(H2,29,30,32). The molecule has 0 unspecified atom stereocenters. The number of nitrogens with zero attached hydrogens (tertiary/aromatic N) is 3. The highest BCUT2D eigenvalue weighted by Gasteiger charge is 2.11. The van der Waals surface area contributed by atoms with Crippen molar-refractivity contribution in [1.29, 1.82) is 5.26 Å². The Morgan fingerprint density at radius 3 is 2.76 bits per heavy atom. The molecule has 0 fully saturated rings. The van der Waals surface area contributed by atoms with Crippen LogP contribution in [0.1, 0.15) is 11.1 Å².